The Hall–Kier alpha value is -2.62. The van der Waals surface area contributed by atoms with Crippen LogP contribution in [0.25, 0.3) is 0 Å². The summed E-state index contributed by atoms with van der Waals surface area (Å²) in [5, 5.41) is 8.74. The van der Waals surface area contributed by atoms with Crippen LogP contribution in [-0.2, 0) is 9.47 Å². The highest BCUT2D eigenvalue weighted by molar-refractivity contribution is 8.04. The summed E-state index contributed by atoms with van der Waals surface area (Å²) < 4.78 is 9.05. The number of H-pyrrole nitrogens is 1. The Labute approximate surface area is 153 Å². The lowest BCUT2D eigenvalue weighted by Crippen LogP contribution is -2.23. The number of amides is 1. The van der Waals surface area contributed by atoms with Crippen molar-refractivity contribution in [3.05, 3.63) is 27.9 Å². The fourth-order valence-corrected chi connectivity index (χ4v) is 3.31. The number of ether oxygens (including phenoxy) is 2. The lowest BCUT2D eigenvalue weighted by molar-refractivity contribution is 0.0591. The summed E-state index contributed by atoms with van der Waals surface area (Å²) in [5.41, 5.74) is -0.205. The van der Waals surface area contributed by atoms with E-state index in [1.165, 1.54) is 32.1 Å². The van der Waals surface area contributed by atoms with Gasteiger partial charge in [0.1, 0.15) is 5.69 Å². The summed E-state index contributed by atoms with van der Waals surface area (Å²) in [4.78, 5) is 47.6. The fourth-order valence-electron chi connectivity index (χ4n) is 2.32. The monoisotopic (exact) mass is 381 g/mol. The van der Waals surface area contributed by atoms with Gasteiger partial charge >= 0.3 is 12.1 Å². The van der Waals surface area contributed by atoms with Crippen LogP contribution in [0, 0.1) is 0 Å². The molecule has 0 unspecified atom stereocenters. The van der Waals surface area contributed by atoms with Crippen molar-refractivity contribution in [2.75, 3.05) is 26.5 Å². The second kappa shape index (κ2) is 9.18. The molecule has 0 saturated carbocycles. The molecule has 1 aliphatic rings. The van der Waals surface area contributed by atoms with Crippen LogP contribution in [0.5, 0.6) is 0 Å². The third kappa shape index (κ3) is 4.51. The first-order valence-corrected chi connectivity index (χ1v) is 8.90. The molecule has 26 heavy (non-hydrogen) atoms. The highest BCUT2D eigenvalue weighted by Crippen LogP contribution is 2.30. The minimum Gasteiger partial charge on any atom is -0.464 e. The lowest BCUT2D eigenvalue weighted by atomic mass is 9.99. The predicted molar refractivity (Wildman–Crippen MR) is 93.4 cm³/mol. The second-order valence-corrected chi connectivity index (χ2v) is 6.48. The molecule has 1 aliphatic carbocycles. The van der Waals surface area contributed by atoms with Crippen LogP contribution in [0.1, 0.15) is 50.6 Å². The molecule has 0 saturated heterocycles. The molecule has 9 nitrogen and oxygen atoms in total. The number of nitrogens with one attached hydrogen (secondary N) is 2. The maximum absolute atomic E-state index is 12.6. The summed E-state index contributed by atoms with van der Waals surface area (Å²) in [6.45, 7) is 0.512. The lowest BCUT2D eigenvalue weighted by Gasteiger charge is -2.11. The molecule has 10 heteroatoms. The number of methoxy groups -OCH3 is 2. The van der Waals surface area contributed by atoms with Crippen molar-refractivity contribution in [1.29, 1.82) is 0 Å². The number of aromatic nitrogens is 2. The van der Waals surface area contributed by atoms with Crippen LogP contribution < -0.4 is 5.32 Å². The Kier molecular flexibility index (Phi) is 6.96. The molecule has 2 rings (SSSR count). The third-order valence-corrected chi connectivity index (χ3v) is 4.74. The second-order valence-electron chi connectivity index (χ2n) is 5.34. The highest BCUT2D eigenvalue weighted by atomic mass is 32.2. The molecule has 0 aliphatic heterocycles. The van der Waals surface area contributed by atoms with E-state index in [-0.39, 0.29) is 21.9 Å². The van der Waals surface area contributed by atoms with Crippen molar-refractivity contribution in [3.8, 4) is 0 Å². The molecule has 2 N–H and O–H groups in total. The molecular weight excluding hydrogens is 362 g/mol. The molecule has 0 bridgehead atoms. The summed E-state index contributed by atoms with van der Waals surface area (Å²) in [6.07, 6.45) is 3.21. The van der Waals surface area contributed by atoms with Crippen LogP contribution in [0.4, 0.5) is 4.79 Å². The Morgan fingerprint density at radius 1 is 1.19 bits per heavy atom. The van der Waals surface area contributed by atoms with Crippen molar-refractivity contribution in [2.45, 2.75) is 19.3 Å². The number of fused-ring (bicyclic) bond motifs is 1. The van der Waals surface area contributed by atoms with Gasteiger partial charge in [0.15, 0.2) is 5.69 Å². The van der Waals surface area contributed by atoms with E-state index in [0.29, 0.717) is 12.3 Å². The van der Waals surface area contributed by atoms with Crippen molar-refractivity contribution in [2.24, 2.45) is 0 Å². The van der Waals surface area contributed by atoms with E-state index in [4.69, 9.17) is 0 Å². The Balaban J connectivity index is 1.87. The third-order valence-electron chi connectivity index (χ3n) is 3.64. The predicted octanol–water partition coefficient (Wildman–Crippen LogP) is 1.72. The molecule has 1 aromatic heterocycles. The summed E-state index contributed by atoms with van der Waals surface area (Å²) >= 11 is 1.26. The quantitative estimate of drug-likeness (QED) is 0.515. The zero-order valence-corrected chi connectivity index (χ0v) is 15.2. The number of carbonyl (C=O) groups excluding carboxylic acids is 4. The molecule has 1 amide bonds. The first kappa shape index (κ1) is 19.7. The van der Waals surface area contributed by atoms with Crippen LogP contribution >= 0.6 is 11.8 Å². The molecule has 0 aromatic carbocycles. The number of nitrogens with zero attached hydrogens (tertiary/aromatic N) is 1. The topological polar surface area (TPSA) is 127 Å². The average molecular weight is 381 g/mol. The van der Waals surface area contributed by atoms with E-state index in [9.17, 15) is 19.2 Å². The standard InChI is InChI=1S/C16H19N3O6S/c1-24-15(22)13-11-12(18-19-13)9(20)8-10(14(11)21)26-7-5-3-4-6-17-16(23)25-2/h8H,3-7H2,1-2H3,(H,17,23)(H,18,19). The Morgan fingerprint density at radius 2 is 1.96 bits per heavy atom. The minimum absolute atomic E-state index is 0.00800. The zero-order valence-electron chi connectivity index (χ0n) is 14.4. The van der Waals surface area contributed by atoms with Gasteiger partial charge in [-0.05, 0) is 18.6 Å². The van der Waals surface area contributed by atoms with Gasteiger partial charge in [0.2, 0.25) is 11.6 Å². The van der Waals surface area contributed by atoms with Gasteiger partial charge in [0.25, 0.3) is 0 Å². The number of hydrogen-bond donors (Lipinski definition) is 2. The van der Waals surface area contributed by atoms with E-state index in [1.807, 2.05) is 0 Å². The van der Waals surface area contributed by atoms with Crippen molar-refractivity contribution in [1.82, 2.24) is 15.5 Å². The van der Waals surface area contributed by atoms with Crippen molar-refractivity contribution in [3.63, 3.8) is 0 Å². The van der Waals surface area contributed by atoms with Gasteiger partial charge in [-0.3, -0.25) is 14.7 Å². The van der Waals surface area contributed by atoms with Gasteiger partial charge in [0.05, 0.1) is 24.7 Å². The first-order valence-electron chi connectivity index (χ1n) is 7.91. The van der Waals surface area contributed by atoms with E-state index < -0.39 is 23.6 Å². The summed E-state index contributed by atoms with van der Waals surface area (Å²) in [5.74, 6) is -0.949. The van der Waals surface area contributed by atoms with Gasteiger partial charge in [-0.2, -0.15) is 5.10 Å². The molecular formula is C16H19N3O6S. The first-order chi connectivity index (χ1) is 12.5. The molecule has 1 aromatic rings. The van der Waals surface area contributed by atoms with Gasteiger partial charge < -0.3 is 14.8 Å². The largest absolute Gasteiger partial charge is 0.464 e. The number of thioether (sulfide) groups is 1. The summed E-state index contributed by atoms with van der Waals surface area (Å²) in [7, 11) is 2.48. The number of rotatable bonds is 8. The normalized spacial score (nSPS) is 13.1. The minimum atomic E-state index is -0.770. The number of alkyl carbamates (subject to hydrolysis) is 1. The fraction of sp³-hybridized carbons (Fsp3) is 0.438. The maximum Gasteiger partial charge on any atom is 0.406 e. The number of ketones is 2. The van der Waals surface area contributed by atoms with Crippen molar-refractivity contribution < 1.29 is 28.7 Å². The SMILES string of the molecule is COC(=O)NCCCCCSC1=CC(=O)c2[nH]nc(C(=O)OC)c2C1=O. The average Bonchev–Trinajstić information content (AvgIpc) is 3.09. The Bertz CT molecular complexity index is 755. The van der Waals surface area contributed by atoms with Crippen LogP contribution in [0.15, 0.2) is 11.0 Å². The maximum atomic E-state index is 12.6. The number of unbranched alkanes of at least 4 members (excludes halogenated alkanes) is 2. The van der Waals surface area contributed by atoms with Gasteiger partial charge in [-0.15, -0.1) is 11.8 Å². The molecule has 0 radical (unpaired) electrons. The smallest absolute Gasteiger partial charge is 0.406 e. The Morgan fingerprint density at radius 3 is 2.65 bits per heavy atom. The number of carbonyl (C=O) groups is 4. The number of aromatic amines is 1. The van der Waals surface area contributed by atoms with E-state index in [1.54, 1.807) is 0 Å². The number of hydrogen-bond acceptors (Lipinski definition) is 8. The van der Waals surface area contributed by atoms with Crippen LogP contribution in [-0.4, -0.2) is 60.3 Å². The molecule has 140 valence electrons. The number of allylic oxidation sites excluding steroid dienone is 2. The van der Waals surface area contributed by atoms with Gasteiger partial charge in [-0.25, -0.2) is 9.59 Å². The molecule has 0 atom stereocenters. The number of esters is 1. The summed E-state index contributed by atoms with van der Waals surface area (Å²) in [6, 6.07) is 0. The number of Topliss-reactive ketones (excluding diaryl/α,β-unsaturated/α-hetero) is 1. The van der Waals surface area contributed by atoms with Gasteiger partial charge in [0, 0.05) is 12.6 Å². The van der Waals surface area contributed by atoms with E-state index in [2.05, 4.69) is 25.0 Å². The highest BCUT2D eigenvalue weighted by Gasteiger charge is 2.34. The van der Waals surface area contributed by atoms with Crippen LogP contribution in [0.3, 0.4) is 0 Å². The molecule has 0 spiro atoms. The van der Waals surface area contributed by atoms with E-state index in [0.717, 1.165) is 19.3 Å². The molecule has 0 fully saturated rings. The van der Waals surface area contributed by atoms with E-state index >= 15 is 0 Å². The van der Waals surface area contributed by atoms with Crippen LogP contribution in [0.2, 0.25) is 0 Å². The molecule has 1 heterocycles. The zero-order chi connectivity index (χ0) is 19.1. The van der Waals surface area contributed by atoms with Crippen molar-refractivity contribution >= 4 is 35.4 Å². The van der Waals surface area contributed by atoms with Gasteiger partial charge in [-0.1, -0.05) is 6.42 Å².